The van der Waals surface area contributed by atoms with E-state index in [9.17, 15) is 9.90 Å². The molecule has 20 heavy (non-hydrogen) atoms. The number of carboxylic acids is 1. The lowest BCUT2D eigenvalue weighted by molar-refractivity contribution is -0.142. The minimum atomic E-state index is -0.671. The summed E-state index contributed by atoms with van der Waals surface area (Å²) < 4.78 is 0. The van der Waals surface area contributed by atoms with Crippen LogP contribution in [0.1, 0.15) is 18.2 Å². The van der Waals surface area contributed by atoms with Gasteiger partial charge in [-0.3, -0.25) is 9.69 Å². The van der Waals surface area contributed by atoms with E-state index < -0.39 is 5.97 Å². The van der Waals surface area contributed by atoms with Crippen LogP contribution < -0.4 is 0 Å². The molecule has 1 aliphatic rings. The average Bonchev–Trinajstić information content (AvgIpc) is 2.92. The lowest BCUT2D eigenvalue weighted by Crippen LogP contribution is -2.23. The molecule has 3 rings (SSSR count). The van der Waals surface area contributed by atoms with E-state index in [0.29, 0.717) is 6.54 Å². The van der Waals surface area contributed by atoms with Crippen LogP contribution in [0.25, 0.3) is 10.9 Å². The van der Waals surface area contributed by atoms with Gasteiger partial charge in [-0.2, -0.15) is 0 Å². The Balaban J connectivity index is 1.84. The van der Waals surface area contributed by atoms with Gasteiger partial charge in [0, 0.05) is 36.2 Å². The summed E-state index contributed by atoms with van der Waals surface area (Å²) in [5.41, 5.74) is 3.62. The first kappa shape index (κ1) is 13.2. The number of H-pyrrole nitrogens is 1. The maximum Gasteiger partial charge on any atom is 0.308 e. The quantitative estimate of drug-likeness (QED) is 0.903. The van der Waals surface area contributed by atoms with Crippen LogP contribution in [0.3, 0.4) is 0 Å². The number of fused-ring (bicyclic) bond motifs is 1. The van der Waals surface area contributed by atoms with Crippen LogP contribution in [0, 0.1) is 18.8 Å². The molecular formula is C16H20N2O2. The van der Waals surface area contributed by atoms with Gasteiger partial charge in [-0.25, -0.2) is 0 Å². The molecule has 0 amide bonds. The fraction of sp³-hybridized carbons (Fsp3) is 0.438. The molecule has 2 atom stereocenters. The maximum atomic E-state index is 11.2. The Hall–Kier alpha value is -1.81. The van der Waals surface area contributed by atoms with Crippen molar-refractivity contribution in [2.24, 2.45) is 11.8 Å². The Morgan fingerprint density at radius 2 is 2.15 bits per heavy atom. The first-order valence-corrected chi connectivity index (χ1v) is 7.07. The third kappa shape index (κ3) is 2.20. The number of hydrogen-bond donors (Lipinski definition) is 2. The molecule has 2 aromatic rings. The van der Waals surface area contributed by atoms with E-state index in [1.807, 2.05) is 19.1 Å². The van der Waals surface area contributed by atoms with E-state index in [0.717, 1.165) is 18.6 Å². The summed E-state index contributed by atoms with van der Waals surface area (Å²) in [6.07, 6.45) is 0. The highest BCUT2D eigenvalue weighted by molar-refractivity contribution is 5.84. The number of likely N-dealkylation sites (tertiary alicyclic amines) is 1. The third-order valence-electron chi connectivity index (χ3n) is 4.41. The first-order valence-electron chi connectivity index (χ1n) is 7.07. The number of benzene rings is 1. The zero-order valence-corrected chi connectivity index (χ0v) is 11.9. The Kier molecular flexibility index (Phi) is 3.26. The predicted molar refractivity (Wildman–Crippen MR) is 78.6 cm³/mol. The second kappa shape index (κ2) is 4.94. The summed E-state index contributed by atoms with van der Waals surface area (Å²) >= 11 is 0. The minimum absolute atomic E-state index is 0.220. The molecule has 0 radical (unpaired) electrons. The van der Waals surface area contributed by atoms with Gasteiger partial charge in [-0.1, -0.05) is 25.1 Å². The molecule has 106 valence electrons. The average molecular weight is 272 g/mol. The van der Waals surface area contributed by atoms with Gasteiger partial charge in [0.15, 0.2) is 0 Å². The molecule has 0 saturated carbocycles. The number of nitrogens with one attached hydrogen (secondary N) is 1. The molecule has 1 aliphatic heterocycles. The van der Waals surface area contributed by atoms with Crippen molar-refractivity contribution in [3.8, 4) is 0 Å². The summed E-state index contributed by atoms with van der Waals surface area (Å²) in [6.45, 7) is 6.44. The number of hydrogen-bond acceptors (Lipinski definition) is 2. The first-order chi connectivity index (χ1) is 9.56. The van der Waals surface area contributed by atoms with Crippen LogP contribution in [-0.2, 0) is 11.3 Å². The number of aromatic amines is 1. The Bertz CT molecular complexity index is 647. The highest BCUT2D eigenvalue weighted by atomic mass is 16.4. The fourth-order valence-electron chi connectivity index (χ4n) is 3.28. The highest BCUT2D eigenvalue weighted by Crippen LogP contribution is 2.28. The summed E-state index contributed by atoms with van der Waals surface area (Å²) in [4.78, 5) is 16.9. The van der Waals surface area contributed by atoms with Gasteiger partial charge in [0.25, 0.3) is 0 Å². The molecule has 2 heterocycles. The predicted octanol–water partition coefficient (Wildman–Crippen LogP) is 2.63. The van der Waals surface area contributed by atoms with Gasteiger partial charge in [0.05, 0.1) is 5.92 Å². The number of carboxylic acid groups (broad SMARTS) is 1. The standard InChI is InChI=1S/C16H20N2O2/c1-10-7-18(8-13(10)16(19)20)9-14-11(2)17-15-6-4-3-5-12(14)15/h3-6,10,13,17H,7-9H2,1-2H3,(H,19,20). The zero-order valence-electron chi connectivity index (χ0n) is 11.9. The maximum absolute atomic E-state index is 11.2. The van der Waals surface area contributed by atoms with E-state index in [2.05, 4.69) is 28.9 Å². The van der Waals surface area contributed by atoms with Gasteiger partial charge in [0.1, 0.15) is 0 Å². The van der Waals surface area contributed by atoms with E-state index in [4.69, 9.17) is 0 Å². The van der Waals surface area contributed by atoms with Crippen molar-refractivity contribution in [1.82, 2.24) is 9.88 Å². The van der Waals surface area contributed by atoms with Gasteiger partial charge in [-0.15, -0.1) is 0 Å². The van der Waals surface area contributed by atoms with Gasteiger partial charge < -0.3 is 10.1 Å². The Morgan fingerprint density at radius 1 is 1.40 bits per heavy atom. The second-order valence-corrected chi connectivity index (χ2v) is 5.89. The molecule has 1 aromatic heterocycles. The van der Waals surface area contributed by atoms with Crippen LogP contribution in [0.5, 0.6) is 0 Å². The zero-order chi connectivity index (χ0) is 14.3. The van der Waals surface area contributed by atoms with Crippen molar-refractivity contribution in [2.45, 2.75) is 20.4 Å². The van der Waals surface area contributed by atoms with Gasteiger partial charge in [-0.05, 0) is 24.5 Å². The van der Waals surface area contributed by atoms with E-state index in [1.165, 1.54) is 16.6 Å². The molecule has 0 spiro atoms. The second-order valence-electron chi connectivity index (χ2n) is 5.89. The van der Waals surface area contributed by atoms with E-state index >= 15 is 0 Å². The summed E-state index contributed by atoms with van der Waals surface area (Å²) in [5.74, 6) is -0.686. The van der Waals surface area contributed by atoms with Crippen molar-refractivity contribution < 1.29 is 9.90 Å². The number of para-hydroxylation sites is 1. The normalized spacial score (nSPS) is 23.5. The number of aromatic nitrogens is 1. The number of nitrogens with zero attached hydrogens (tertiary/aromatic N) is 1. The van der Waals surface area contributed by atoms with Crippen LogP contribution >= 0.6 is 0 Å². The number of rotatable bonds is 3. The van der Waals surface area contributed by atoms with Gasteiger partial charge in [0.2, 0.25) is 0 Å². The molecule has 1 aromatic carbocycles. The Morgan fingerprint density at radius 3 is 2.85 bits per heavy atom. The van der Waals surface area contributed by atoms with Crippen LogP contribution in [0.15, 0.2) is 24.3 Å². The van der Waals surface area contributed by atoms with Crippen LogP contribution in [0.4, 0.5) is 0 Å². The largest absolute Gasteiger partial charge is 0.481 e. The van der Waals surface area contributed by atoms with Crippen molar-refractivity contribution >= 4 is 16.9 Å². The third-order valence-corrected chi connectivity index (χ3v) is 4.41. The highest BCUT2D eigenvalue weighted by Gasteiger charge is 2.34. The topological polar surface area (TPSA) is 56.3 Å². The molecule has 1 saturated heterocycles. The van der Waals surface area contributed by atoms with Crippen LogP contribution in [-0.4, -0.2) is 34.0 Å². The number of aryl methyl sites for hydroxylation is 1. The lowest BCUT2D eigenvalue weighted by atomic mass is 9.99. The molecule has 2 unspecified atom stereocenters. The van der Waals surface area contributed by atoms with Crippen molar-refractivity contribution in [1.29, 1.82) is 0 Å². The summed E-state index contributed by atoms with van der Waals surface area (Å²) in [7, 11) is 0. The number of aliphatic carboxylic acids is 1. The molecule has 4 nitrogen and oxygen atoms in total. The van der Waals surface area contributed by atoms with Crippen molar-refractivity contribution in [3.05, 3.63) is 35.5 Å². The van der Waals surface area contributed by atoms with E-state index in [-0.39, 0.29) is 11.8 Å². The SMILES string of the molecule is Cc1[nH]c2ccccc2c1CN1CC(C)C(C(=O)O)C1. The minimum Gasteiger partial charge on any atom is -0.481 e. The van der Waals surface area contributed by atoms with Crippen LogP contribution in [0.2, 0.25) is 0 Å². The molecule has 4 heteroatoms. The number of carbonyl (C=O) groups is 1. The molecule has 0 aliphatic carbocycles. The fourth-order valence-corrected chi connectivity index (χ4v) is 3.28. The monoisotopic (exact) mass is 272 g/mol. The smallest absolute Gasteiger partial charge is 0.308 e. The lowest BCUT2D eigenvalue weighted by Gasteiger charge is -2.15. The van der Waals surface area contributed by atoms with E-state index in [1.54, 1.807) is 0 Å². The molecule has 2 N–H and O–H groups in total. The van der Waals surface area contributed by atoms with Gasteiger partial charge >= 0.3 is 5.97 Å². The molecule has 1 fully saturated rings. The summed E-state index contributed by atoms with van der Waals surface area (Å²) in [5, 5.41) is 10.5. The Labute approximate surface area is 118 Å². The molecule has 0 bridgehead atoms. The van der Waals surface area contributed by atoms with Crippen molar-refractivity contribution in [3.63, 3.8) is 0 Å². The summed E-state index contributed by atoms with van der Waals surface area (Å²) in [6, 6.07) is 8.28. The van der Waals surface area contributed by atoms with Crippen molar-refractivity contribution in [2.75, 3.05) is 13.1 Å². The molecular weight excluding hydrogens is 252 g/mol.